The number of nitrogens with zero attached hydrogens (tertiary/aromatic N) is 1. The van der Waals surface area contributed by atoms with Gasteiger partial charge in [0, 0.05) is 24.3 Å². The van der Waals surface area contributed by atoms with Crippen molar-refractivity contribution in [2.24, 2.45) is 5.73 Å². The van der Waals surface area contributed by atoms with E-state index in [0.29, 0.717) is 11.7 Å². The summed E-state index contributed by atoms with van der Waals surface area (Å²) in [7, 11) is 0. The van der Waals surface area contributed by atoms with Crippen LogP contribution < -0.4 is 16.4 Å². The molecule has 1 atom stereocenters. The number of carbonyl (C=O) groups excluding carboxylic acids is 1. The molecule has 0 saturated heterocycles. The molecule has 0 aliphatic carbocycles. The average molecular weight is 260 g/mol. The summed E-state index contributed by atoms with van der Waals surface area (Å²) in [5.74, 6) is -0.102. The highest BCUT2D eigenvalue weighted by Gasteiger charge is 2.07. The number of amides is 1. The highest BCUT2D eigenvalue weighted by atomic mass is 16.4. The van der Waals surface area contributed by atoms with E-state index in [2.05, 4.69) is 15.6 Å². The fourth-order valence-electron chi connectivity index (χ4n) is 1.52. The number of rotatable bonds is 4. The van der Waals surface area contributed by atoms with E-state index < -0.39 is 0 Å². The Bertz CT molecular complexity index is 560. The van der Waals surface area contributed by atoms with Gasteiger partial charge >= 0.3 is 0 Å². The lowest BCUT2D eigenvalue weighted by Gasteiger charge is -2.04. The van der Waals surface area contributed by atoms with Gasteiger partial charge in [-0.3, -0.25) is 4.79 Å². The van der Waals surface area contributed by atoms with Crippen molar-refractivity contribution < 1.29 is 9.21 Å². The minimum atomic E-state index is -0.165. The van der Waals surface area contributed by atoms with E-state index in [0.717, 1.165) is 11.4 Å². The zero-order valence-electron chi connectivity index (χ0n) is 10.8. The Labute approximate surface area is 111 Å². The lowest BCUT2D eigenvalue weighted by molar-refractivity contribution is -0.114. The molecule has 0 aliphatic heterocycles. The number of hydrogen-bond acceptors (Lipinski definition) is 5. The van der Waals surface area contributed by atoms with Crippen molar-refractivity contribution in [2.45, 2.75) is 19.9 Å². The molecule has 19 heavy (non-hydrogen) atoms. The van der Waals surface area contributed by atoms with E-state index in [-0.39, 0.29) is 11.9 Å². The van der Waals surface area contributed by atoms with E-state index in [1.165, 1.54) is 13.2 Å². The van der Waals surface area contributed by atoms with Crippen LogP contribution in [0.2, 0.25) is 0 Å². The molecule has 100 valence electrons. The van der Waals surface area contributed by atoms with Crippen LogP contribution in [-0.2, 0) is 4.79 Å². The second kappa shape index (κ2) is 5.53. The Morgan fingerprint density at radius 2 is 1.95 bits per heavy atom. The van der Waals surface area contributed by atoms with E-state index >= 15 is 0 Å². The summed E-state index contributed by atoms with van der Waals surface area (Å²) in [6.07, 6.45) is 1.53. The molecule has 1 unspecified atom stereocenters. The SMILES string of the molecule is CC(=O)Nc1ccc(Nc2nc(C(C)N)co2)cc1. The van der Waals surface area contributed by atoms with Crippen LogP contribution in [0.15, 0.2) is 34.9 Å². The van der Waals surface area contributed by atoms with Gasteiger partial charge in [-0.1, -0.05) is 0 Å². The zero-order valence-corrected chi connectivity index (χ0v) is 10.8. The molecule has 6 nitrogen and oxygen atoms in total. The maximum absolute atomic E-state index is 10.9. The largest absolute Gasteiger partial charge is 0.432 e. The fourth-order valence-corrected chi connectivity index (χ4v) is 1.52. The normalized spacial score (nSPS) is 11.9. The average Bonchev–Trinajstić information content (AvgIpc) is 2.80. The van der Waals surface area contributed by atoms with Gasteiger partial charge in [0.05, 0.1) is 5.69 Å². The maximum Gasteiger partial charge on any atom is 0.299 e. The number of hydrogen-bond donors (Lipinski definition) is 3. The molecule has 2 rings (SSSR count). The third kappa shape index (κ3) is 3.56. The van der Waals surface area contributed by atoms with Crippen LogP contribution >= 0.6 is 0 Å². The van der Waals surface area contributed by atoms with Gasteiger partial charge in [0.1, 0.15) is 6.26 Å². The minimum absolute atomic E-state index is 0.102. The van der Waals surface area contributed by atoms with E-state index in [9.17, 15) is 4.79 Å². The summed E-state index contributed by atoms with van der Waals surface area (Å²) in [4.78, 5) is 15.1. The first-order chi connectivity index (χ1) is 9.04. The number of carbonyl (C=O) groups is 1. The Hall–Kier alpha value is -2.34. The summed E-state index contributed by atoms with van der Waals surface area (Å²) < 4.78 is 5.25. The highest BCUT2D eigenvalue weighted by molar-refractivity contribution is 5.88. The summed E-state index contributed by atoms with van der Waals surface area (Å²) >= 11 is 0. The summed E-state index contributed by atoms with van der Waals surface area (Å²) in [5, 5.41) is 5.71. The quantitative estimate of drug-likeness (QED) is 0.784. The summed E-state index contributed by atoms with van der Waals surface area (Å²) in [5.41, 5.74) is 7.94. The minimum Gasteiger partial charge on any atom is -0.432 e. The van der Waals surface area contributed by atoms with Crippen molar-refractivity contribution in [1.29, 1.82) is 0 Å². The lowest BCUT2D eigenvalue weighted by atomic mass is 10.3. The standard InChI is InChI=1S/C13H16N4O2/c1-8(14)12-7-19-13(17-12)16-11-5-3-10(4-6-11)15-9(2)18/h3-8H,14H2,1-2H3,(H,15,18)(H,16,17). The van der Waals surface area contributed by atoms with Crippen molar-refractivity contribution in [1.82, 2.24) is 4.98 Å². The molecular formula is C13H16N4O2. The highest BCUT2D eigenvalue weighted by Crippen LogP contribution is 2.20. The topological polar surface area (TPSA) is 93.2 Å². The second-order valence-electron chi connectivity index (χ2n) is 4.25. The van der Waals surface area contributed by atoms with Crippen LogP contribution in [0.1, 0.15) is 25.6 Å². The first-order valence-corrected chi connectivity index (χ1v) is 5.90. The van der Waals surface area contributed by atoms with Crippen LogP contribution in [0.25, 0.3) is 0 Å². The van der Waals surface area contributed by atoms with Gasteiger partial charge in [-0.05, 0) is 31.2 Å². The van der Waals surface area contributed by atoms with Crippen LogP contribution in [0.5, 0.6) is 0 Å². The van der Waals surface area contributed by atoms with Crippen molar-refractivity contribution in [3.05, 3.63) is 36.2 Å². The van der Waals surface area contributed by atoms with Gasteiger partial charge in [0.25, 0.3) is 6.01 Å². The van der Waals surface area contributed by atoms with Crippen molar-refractivity contribution >= 4 is 23.3 Å². The zero-order chi connectivity index (χ0) is 13.8. The molecule has 6 heteroatoms. The Morgan fingerprint density at radius 1 is 1.32 bits per heavy atom. The fraction of sp³-hybridized carbons (Fsp3) is 0.231. The number of benzene rings is 1. The van der Waals surface area contributed by atoms with Crippen LogP contribution in [0.4, 0.5) is 17.4 Å². The van der Waals surface area contributed by atoms with Gasteiger partial charge < -0.3 is 20.8 Å². The molecule has 0 bridgehead atoms. The van der Waals surface area contributed by atoms with Gasteiger partial charge in [-0.25, -0.2) is 0 Å². The number of aromatic nitrogens is 1. The van der Waals surface area contributed by atoms with Gasteiger partial charge in [-0.2, -0.15) is 4.98 Å². The van der Waals surface area contributed by atoms with Gasteiger partial charge in [0.2, 0.25) is 5.91 Å². The molecule has 1 heterocycles. The Kier molecular flexibility index (Phi) is 3.82. The van der Waals surface area contributed by atoms with E-state index in [1.807, 2.05) is 19.1 Å². The summed E-state index contributed by atoms with van der Waals surface area (Å²) in [6, 6.07) is 7.45. The predicted octanol–water partition coefficient (Wildman–Crippen LogP) is 2.40. The molecule has 0 fully saturated rings. The second-order valence-corrected chi connectivity index (χ2v) is 4.25. The smallest absolute Gasteiger partial charge is 0.299 e. The van der Waals surface area contributed by atoms with Crippen LogP contribution in [-0.4, -0.2) is 10.9 Å². The van der Waals surface area contributed by atoms with E-state index in [1.54, 1.807) is 12.1 Å². The number of anilines is 3. The lowest BCUT2D eigenvalue weighted by Crippen LogP contribution is -2.05. The van der Waals surface area contributed by atoms with Gasteiger partial charge in [-0.15, -0.1) is 0 Å². The van der Waals surface area contributed by atoms with Crippen molar-refractivity contribution in [2.75, 3.05) is 10.6 Å². The monoisotopic (exact) mass is 260 g/mol. The molecule has 1 aromatic carbocycles. The van der Waals surface area contributed by atoms with Crippen LogP contribution in [0.3, 0.4) is 0 Å². The molecule has 0 saturated carbocycles. The molecule has 0 aliphatic rings. The van der Waals surface area contributed by atoms with Crippen molar-refractivity contribution in [3.8, 4) is 0 Å². The van der Waals surface area contributed by atoms with Crippen LogP contribution in [0, 0.1) is 0 Å². The molecular weight excluding hydrogens is 244 g/mol. The maximum atomic E-state index is 10.9. The first kappa shape index (κ1) is 13.1. The molecule has 0 spiro atoms. The molecule has 1 aromatic heterocycles. The molecule has 4 N–H and O–H groups in total. The number of oxazole rings is 1. The third-order valence-corrected chi connectivity index (χ3v) is 2.45. The third-order valence-electron chi connectivity index (χ3n) is 2.45. The van der Waals surface area contributed by atoms with Gasteiger partial charge in [0.15, 0.2) is 0 Å². The summed E-state index contributed by atoms with van der Waals surface area (Å²) in [6.45, 7) is 3.30. The Balaban J connectivity index is 2.04. The number of nitrogens with one attached hydrogen (secondary N) is 2. The predicted molar refractivity (Wildman–Crippen MR) is 73.1 cm³/mol. The Morgan fingerprint density at radius 3 is 2.47 bits per heavy atom. The molecule has 0 radical (unpaired) electrons. The van der Waals surface area contributed by atoms with Crippen molar-refractivity contribution in [3.63, 3.8) is 0 Å². The molecule has 2 aromatic rings. The number of nitrogens with two attached hydrogens (primary N) is 1. The van der Waals surface area contributed by atoms with E-state index in [4.69, 9.17) is 10.2 Å². The molecule has 1 amide bonds. The first-order valence-electron chi connectivity index (χ1n) is 5.90.